The minimum atomic E-state index is -0.218. The van der Waals surface area contributed by atoms with Gasteiger partial charge in [-0.05, 0) is 47.5 Å². The van der Waals surface area contributed by atoms with Gasteiger partial charge in [-0.25, -0.2) is 0 Å². The van der Waals surface area contributed by atoms with Crippen molar-refractivity contribution in [3.8, 4) is 0 Å². The van der Waals surface area contributed by atoms with E-state index in [2.05, 4.69) is 43.5 Å². The van der Waals surface area contributed by atoms with Crippen molar-refractivity contribution in [2.24, 2.45) is 0 Å². The van der Waals surface area contributed by atoms with Crippen LogP contribution in [0.5, 0.6) is 0 Å². The van der Waals surface area contributed by atoms with Crippen LogP contribution in [0.4, 0.5) is 5.69 Å². The number of carbonyl (C=O) groups excluding carboxylic acids is 1. The number of rotatable bonds is 2. The molecule has 2 aromatic carbocycles. The van der Waals surface area contributed by atoms with Crippen LogP contribution < -0.4 is 10.6 Å². The molecule has 0 aliphatic carbocycles. The molecule has 0 saturated heterocycles. The van der Waals surface area contributed by atoms with Gasteiger partial charge < -0.3 is 5.32 Å². The van der Waals surface area contributed by atoms with Crippen LogP contribution in [0.15, 0.2) is 54.6 Å². The van der Waals surface area contributed by atoms with Crippen molar-refractivity contribution in [2.75, 3.05) is 5.32 Å². The van der Waals surface area contributed by atoms with Crippen molar-refractivity contribution < 1.29 is 4.79 Å². The molecule has 0 spiro atoms. The van der Waals surface area contributed by atoms with Crippen LogP contribution in [0.1, 0.15) is 36.7 Å². The SMILES string of the molecule is CC(C)(C)c1ccc(NC(=S)NC(=O)c2ccccc2)cc1. The summed E-state index contributed by atoms with van der Waals surface area (Å²) < 4.78 is 0. The quantitative estimate of drug-likeness (QED) is 0.820. The summed E-state index contributed by atoms with van der Waals surface area (Å²) in [5.41, 5.74) is 2.79. The van der Waals surface area contributed by atoms with Crippen LogP contribution in [-0.4, -0.2) is 11.0 Å². The van der Waals surface area contributed by atoms with Gasteiger partial charge in [-0.1, -0.05) is 51.1 Å². The number of nitrogens with one attached hydrogen (secondary N) is 2. The molecule has 0 aliphatic rings. The second kappa shape index (κ2) is 6.71. The number of benzene rings is 2. The molecule has 0 heterocycles. The van der Waals surface area contributed by atoms with Crippen LogP contribution in [-0.2, 0) is 5.41 Å². The van der Waals surface area contributed by atoms with Gasteiger partial charge in [-0.3, -0.25) is 10.1 Å². The Morgan fingerprint density at radius 1 is 0.955 bits per heavy atom. The Morgan fingerprint density at radius 3 is 2.09 bits per heavy atom. The van der Waals surface area contributed by atoms with Crippen molar-refractivity contribution in [1.29, 1.82) is 0 Å². The lowest BCUT2D eigenvalue weighted by Crippen LogP contribution is -2.34. The number of hydrogen-bond acceptors (Lipinski definition) is 2. The van der Waals surface area contributed by atoms with E-state index in [-0.39, 0.29) is 16.4 Å². The zero-order chi connectivity index (χ0) is 16.2. The molecule has 2 aromatic rings. The van der Waals surface area contributed by atoms with E-state index in [9.17, 15) is 4.79 Å². The van der Waals surface area contributed by atoms with Gasteiger partial charge in [0.15, 0.2) is 5.11 Å². The van der Waals surface area contributed by atoms with Crippen molar-refractivity contribution in [2.45, 2.75) is 26.2 Å². The van der Waals surface area contributed by atoms with Crippen LogP contribution in [0.2, 0.25) is 0 Å². The van der Waals surface area contributed by atoms with Gasteiger partial charge in [-0.2, -0.15) is 0 Å². The van der Waals surface area contributed by atoms with Crippen molar-refractivity contribution in [3.05, 3.63) is 65.7 Å². The summed E-state index contributed by atoms with van der Waals surface area (Å²) in [6.07, 6.45) is 0. The van der Waals surface area contributed by atoms with Crippen molar-refractivity contribution in [3.63, 3.8) is 0 Å². The van der Waals surface area contributed by atoms with E-state index >= 15 is 0 Å². The Balaban J connectivity index is 1.96. The molecule has 0 fully saturated rings. The second-order valence-electron chi connectivity index (χ2n) is 6.10. The minimum absolute atomic E-state index is 0.112. The number of anilines is 1. The van der Waals surface area contributed by atoms with E-state index in [1.165, 1.54) is 5.56 Å². The molecule has 2 rings (SSSR count). The highest BCUT2D eigenvalue weighted by molar-refractivity contribution is 7.80. The molecule has 3 nitrogen and oxygen atoms in total. The molecule has 0 atom stereocenters. The summed E-state index contributed by atoms with van der Waals surface area (Å²) in [4.78, 5) is 12.0. The highest BCUT2D eigenvalue weighted by Crippen LogP contribution is 2.23. The Labute approximate surface area is 136 Å². The Kier molecular flexibility index (Phi) is 4.93. The first-order valence-corrected chi connectivity index (χ1v) is 7.55. The predicted molar refractivity (Wildman–Crippen MR) is 95.3 cm³/mol. The fourth-order valence-electron chi connectivity index (χ4n) is 1.98. The molecular formula is C18H20N2OS. The highest BCUT2D eigenvalue weighted by atomic mass is 32.1. The highest BCUT2D eigenvalue weighted by Gasteiger charge is 2.13. The van der Waals surface area contributed by atoms with Crippen LogP contribution in [0, 0.1) is 0 Å². The van der Waals surface area contributed by atoms with Crippen molar-refractivity contribution in [1.82, 2.24) is 5.32 Å². The fourth-order valence-corrected chi connectivity index (χ4v) is 2.19. The molecule has 0 bridgehead atoms. The van der Waals surface area contributed by atoms with Gasteiger partial charge >= 0.3 is 0 Å². The molecule has 4 heteroatoms. The average molecular weight is 312 g/mol. The number of thiocarbonyl (C=S) groups is 1. The van der Waals surface area contributed by atoms with Gasteiger partial charge in [0.1, 0.15) is 0 Å². The van der Waals surface area contributed by atoms with E-state index in [1.807, 2.05) is 30.3 Å². The summed E-state index contributed by atoms with van der Waals surface area (Å²) in [7, 11) is 0. The van der Waals surface area contributed by atoms with Crippen LogP contribution >= 0.6 is 12.2 Å². The normalized spacial score (nSPS) is 10.9. The number of carbonyl (C=O) groups is 1. The smallest absolute Gasteiger partial charge is 0.257 e. The van der Waals surface area contributed by atoms with E-state index in [0.29, 0.717) is 5.56 Å². The maximum absolute atomic E-state index is 12.0. The van der Waals surface area contributed by atoms with E-state index in [0.717, 1.165) is 5.69 Å². The Hall–Kier alpha value is -2.20. The first-order valence-electron chi connectivity index (χ1n) is 7.14. The van der Waals surface area contributed by atoms with Gasteiger partial charge in [0.05, 0.1) is 0 Å². The lowest BCUT2D eigenvalue weighted by atomic mass is 9.87. The maximum Gasteiger partial charge on any atom is 0.257 e. The molecule has 0 aromatic heterocycles. The van der Waals surface area contributed by atoms with E-state index < -0.39 is 0 Å². The van der Waals surface area contributed by atoms with Crippen LogP contribution in [0.3, 0.4) is 0 Å². The third-order valence-corrected chi connectivity index (χ3v) is 3.48. The largest absolute Gasteiger partial charge is 0.332 e. The first kappa shape index (κ1) is 16.2. The number of amides is 1. The van der Waals surface area contributed by atoms with E-state index in [4.69, 9.17) is 12.2 Å². The monoisotopic (exact) mass is 312 g/mol. The predicted octanol–water partition coefficient (Wildman–Crippen LogP) is 4.11. The Morgan fingerprint density at radius 2 is 1.55 bits per heavy atom. The zero-order valence-electron chi connectivity index (χ0n) is 13.0. The molecule has 0 radical (unpaired) electrons. The number of hydrogen-bond donors (Lipinski definition) is 2. The fraction of sp³-hybridized carbons (Fsp3) is 0.222. The molecule has 0 unspecified atom stereocenters. The molecule has 0 aliphatic heterocycles. The summed E-state index contributed by atoms with van der Waals surface area (Å²) >= 11 is 5.18. The van der Waals surface area contributed by atoms with E-state index in [1.54, 1.807) is 12.1 Å². The lowest BCUT2D eigenvalue weighted by molar-refractivity contribution is 0.0977. The third kappa shape index (κ3) is 4.40. The lowest BCUT2D eigenvalue weighted by Gasteiger charge is -2.19. The molecule has 22 heavy (non-hydrogen) atoms. The average Bonchev–Trinajstić information content (AvgIpc) is 2.47. The maximum atomic E-state index is 12.0. The summed E-state index contributed by atoms with van der Waals surface area (Å²) in [6, 6.07) is 17.0. The van der Waals surface area contributed by atoms with Gasteiger partial charge in [0.25, 0.3) is 5.91 Å². The molecule has 1 amide bonds. The molecular weight excluding hydrogens is 292 g/mol. The molecule has 0 saturated carbocycles. The zero-order valence-corrected chi connectivity index (χ0v) is 13.8. The standard InChI is InChI=1S/C18H20N2OS/c1-18(2,3)14-9-11-15(12-10-14)19-17(22)20-16(21)13-7-5-4-6-8-13/h4-12H,1-3H3,(H2,19,20,21,22). The third-order valence-electron chi connectivity index (χ3n) is 3.27. The first-order chi connectivity index (χ1) is 10.4. The van der Waals surface area contributed by atoms with Crippen molar-refractivity contribution >= 4 is 28.9 Å². The topological polar surface area (TPSA) is 41.1 Å². The summed E-state index contributed by atoms with van der Waals surface area (Å²) in [5.74, 6) is -0.218. The summed E-state index contributed by atoms with van der Waals surface area (Å²) in [6.45, 7) is 6.50. The Bertz CT molecular complexity index is 658. The summed E-state index contributed by atoms with van der Waals surface area (Å²) in [5, 5.41) is 5.98. The van der Waals surface area contributed by atoms with Gasteiger partial charge in [0.2, 0.25) is 0 Å². The molecule has 114 valence electrons. The molecule has 2 N–H and O–H groups in total. The van der Waals surface area contributed by atoms with Gasteiger partial charge in [0, 0.05) is 11.3 Å². The van der Waals surface area contributed by atoms with Gasteiger partial charge in [-0.15, -0.1) is 0 Å². The minimum Gasteiger partial charge on any atom is -0.332 e. The second-order valence-corrected chi connectivity index (χ2v) is 6.51. The van der Waals surface area contributed by atoms with Crippen LogP contribution in [0.25, 0.3) is 0 Å².